The van der Waals surface area contributed by atoms with E-state index in [-0.39, 0.29) is 16.4 Å². The van der Waals surface area contributed by atoms with Crippen molar-refractivity contribution in [2.45, 2.75) is 6.42 Å². The lowest BCUT2D eigenvalue weighted by Gasteiger charge is -2.18. The summed E-state index contributed by atoms with van der Waals surface area (Å²) < 4.78 is 27.7. The van der Waals surface area contributed by atoms with Gasteiger partial charge < -0.3 is 10.6 Å². The number of nitrogens with one attached hydrogen (secondary N) is 2. The number of thiol groups is 1. The molecule has 3 aromatic rings. The van der Waals surface area contributed by atoms with Gasteiger partial charge in [0.1, 0.15) is 11.6 Å². The second kappa shape index (κ2) is 10.3. The summed E-state index contributed by atoms with van der Waals surface area (Å²) in [5.41, 5.74) is 1.41. The first-order chi connectivity index (χ1) is 14.8. The number of amides is 3. The SMILES string of the molecule is O=C(Nc1ccc(N(S)C(=O)NCCc2ccc(F)cc2)c(Cl)c1)c1ccccc1F. The van der Waals surface area contributed by atoms with Crippen molar-refractivity contribution in [2.75, 3.05) is 16.2 Å². The second-order valence-electron chi connectivity index (χ2n) is 6.52. The van der Waals surface area contributed by atoms with Crippen LogP contribution < -0.4 is 14.9 Å². The van der Waals surface area contributed by atoms with Crippen molar-refractivity contribution in [2.24, 2.45) is 0 Å². The first kappa shape index (κ1) is 22.6. The lowest BCUT2D eigenvalue weighted by atomic mass is 10.1. The van der Waals surface area contributed by atoms with Crippen LogP contribution in [0.4, 0.5) is 25.0 Å². The molecule has 0 radical (unpaired) electrons. The molecule has 2 N–H and O–H groups in total. The minimum absolute atomic E-state index is 0.0981. The Morgan fingerprint density at radius 1 is 1.00 bits per heavy atom. The highest BCUT2D eigenvalue weighted by Crippen LogP contribution is 2.30. The zero-order chi connectivity index (χ0) is 22.4. The second-order valence-corrected chi connectivity index (χ2v) is 7.33. The van der Waals surface area contributed by atoms with E-state index >= 15 is 0 Å². The summed E-state index contributed by atoms with van der Waals surface area (Å²) >= 11 is 10.4. The van der Waals surface area contributed by atoms with Gasteiger partial charge in [-0.1, -0.05) is 48.7 Å². The van der Waals surface area contributed by atoms with E-state index in [0.717, 1.165) is 9.87 Å². The fourth-order valence-electron chi connectivity index (χ4n) is 2.75. The van der Waals surface area contributed by atoms with E-state index in [1.165, 1.54) is 48.5 Å². The van der Waals surface area contributed by atoms with E-state index in [9.17, 15) is 18.4 Å². The van der Waals surface area contributed by atoms with Crippen molar-refractivity contribution in [1.29, 1.82) is 0 Å². The normalized spacial score (nSPS) is 10.5. The summed E-state index contributed by atoms with van der Waals surface area (Å²) in [4.78, 5) is 24.6. The van der Waals surface area contributed by atoms with Crippen molar-refractivity contribution in [1.82, 2.24) is 5.32 Å². The van der Waals surface area contributed by atoms with Gasteiger partial charge in [-0.3, -0.25) is 4.79 Å². The lowest BCUT2D eigenvalue weighted by molar-refractivity contribution is 0.102. The predicted molar refractivity (Wildman–Crippen MR) is 121 cm³/mol. The third kappa shape index (κ3) is 5.96. The largest absolute Gasteiger partial charge is 0.337 e. The maximum absolute atomic E-state index is 13.7. The van der Waals surface area contributed by atoms with Gasteiger partial charge in [0.25, 0.3) is 5.91 Å². The molecule has 0 spiro atoms. The Morgan fingerprint density at radius 2 is 1.71 bits per heavy atom. The van der Waals surface area contributed by atoms with Gasteiger partial charge in [0.15, 0.2) is 0 Å². The highest BCUT2D eigenvalue weighted by Gasteiger charge is 2.17. The standard InChI is InChI=1S/C22H18ClF2N3O2S/c23-18-13-16(27-21(29)17-3-1-2-4-19(17)25)9-10-20(18)28(31)22(30)26-12-11-14-5-7-15(24)8-6-14/h1-10,13,31H,11-12H2,(H,26,30)(H,27,29). The van der Waals surface area contributed by atoms with Gasteiger partial charge in [-0.2, -0.15) is 0 Å². The molecule has 3 aromatic carbocycles. The fourth-order valence-corrected chi connectivity index (χ4v) is 3.32. The quantitative estimate of drug-likeness (QED) is 0.426. The molecule has 0 saturated heterocycles. The number of benzene rings is 3. The topological polar surface area (TPSA) is 61.4 Å². The number of urea groups is 1. The molecule has 0 aliphatic rings. The molecule has 0 aromatic heterocycles. The summed E-state index contributed by atoms with van der Waals surface area (Å²) in [6.45, 7) is 0.315. The number of anilines is 2. The van der Waals surface area contributed by atoms with Crippen molar-refractivity contribution in [3.05, 3.63) is 94.5 Å². The van der Waals surface area contributed by atoms with Crippen LogP contribution in [0.5, 0.6) is 0 Å². The van der Waals surface area contributed by atoms with E-state index in [1.54, 1.807) is 18.2 Å². The Kier molecular flexibility index (Phi) is 7.49. The minimum Gasteiger partial charge on any atom is -0.337 e. The molecule has 160 valence electrons. The van der Waals surface area contributed by atoms with Crippen molar-refractivity contribution in [3.8, 4) is 0 Å². The molecule has 3 rings (SSSR count). The zero-order valence-electron chi connectivity index (χ0n) is 16.1. The van der Waals surface area contributed by atoms with Gasteiger partial charge in [0, 0.05) is 12.2 Å². The lowest BCUT2D eigenvalue weighted by Crippen LogP contribution is -2.35. The van der Waals surface area contributed by atoms with Crippen LogP contribution in [0.25, 0.3) is 0 Å². The molecular formula is C22H18ClF2N3O2S. The molecule has 0 bridgehead atoms. The van der Waals surface area contributed by atoms with E-state index in [1.807, 2.05) is 0 Å². The Morgan fingerprint density at radius 3 is 2.39 bits per heavy atom. The van der Waals surface area contributed by atoms with Gasteiger partial charge in [-0.25, -0.2) is 17.9 Å². The van der Waals surface area contributed by atoms with Gasteiger partial charge in [-0.15, -0.1) is 0 Å². The molecule has 0 aliphatic heterocycles. The third-order valence-corrected chi connectivity index (χ3v) is 5.05. The number of hydrogen-bond acceptors (Lipinski definition) is 3. The molecule has 31 heavy (non-hydrogen) atoms. The summed E-state index contributed by atoms with van der Waals surface area (Å²) in [6.07, 6.45) is 0.516. The van der Waals surface area contributed by atoms with Crippen LogP contribution in [-0.4, -0.2) is 18.5 Å². The first-order valence-electron chi connectivity index (χ1n) is 9.22. The van der Waals surface area contributed by atoms with Crippen LogP contribution >= 0.6 is 24.4 Å². The van der Waals surface area contributed by atoms with E-state index in [2.05, 4.69) is 23.4 Å². The smallest absolute Gasteiger partial charge is 0.331 e. The first-order valence-corrected chi connectivity index (χ1v) is 9.99. The molecule has 0 saturated carbocycles. The number of rotatable bonds is 6. The maximum Gasteiger partial charge on any atom is 0.331 e. The number of carbonyl (C=O) groups excluding carboxylic acids is 2. The minimum atomic E-state index is -0.637. The summed E-state index contributed by atoms with van der Waals surface area (Å²) in [6, 6.07) is 15.6. The van der Waals surface area contributed by atoms with E-state index in [0.29, 0.717) is 24.3 Å². The third-order valence-electron chi connectivity index (χ3n) is 4.35. The molecule has 0 fully saturated rings. The molecule has 0 unspecified atom stereocenters. The number of nitrogens with zero attached hydrogens (tertiary/aromatic N) is 1. The van der Waals surface area contributed by atoms with Crippen LogP contribution in [0, 0.1) is 11.6 Å². The van der Waals surface area contributed by atoms with Crippen LogP contribution in [0.1, 0.15) is 15.9 Å². The molecular weight excluding hydrogens is 444 g/mol. The van der Waals surface area contributed by atoms with Gasteiger partial charge in [0.2, 0.25) is 0 Å². The van der Waals surface area contributed by atoms with Gasteiger partial charge in [-0.05, 0) is 54.4 Å². The number of carbonyl (C=O) groups is 2. The Hall–Kier alpha value is -3.10. The van der Waals surface area contributed by atoms with Crippen LogP contribution in [0.3, 0.4) is 0 Å². The molecule has 0 atom stereocenters. The van der Waals surface area contributed by atoms with Crippen LogP contribution in [-0.2, 0) is 6.42 Å². The van der Waals surface area contributed by atoms with Crippen LogP contribution in [0.2, 0.25) is 5.02 Å². The van der Waals surface area contributed by atoms with Crippen molar-refractivity contribution < 1.29 is 18.4 Å². The number of halogens is 3. The fraction of sp³-hybridized carbons (Fsp3) is 0.0909. The highest BCUT2D eigenvalue weighted by atomic mass is 35.5. The average molecular weight is 462 g/mol. The molecule has 9 heteroatoms. The summed E-state index contributed by atoms with van der Waals surface area (Å²) in [7, 11) is 0. The zero-order valence-corrected chi connectivity index (χ0v) is 17.8. The summed E-state index contributed by atoms with van der Waals surface area (Å²) in [5.74, 6) is -1.58. The van der Waals surface area contributed by atoms with Gasteiger partial charge in [0.05, 0.1) is 16.3 Å². The average Bonchev–Trinajstić information content (AvgIpc) is 2.75. The highest BCUT2D eigenvalue weighted by molar-refractivity contribution is 7.82. The van der Waals surface area contributed by atoms with Crippen molar-refractivity contribution >= 4 is 47.7 Å². The summed E-state index contributed by atoms with van der Waals surface area (Å²) in [5, 5.41) is 5.41. The van der Waals surface area contributed by atoms with Crippen molar-refractivity contribution in [3.63, 3.8) is 0 Å². The molecule has 5 nitrogen and oxygen atoms in total. The monoisotopic (exact) mass is 461 g/mol. The van der Waals surface area contributed by atoms with E-state index in [4.69, 9.17) is 11.6 Å². The Bertz CT molecular complexity index is 1100. The molecule has 3 amide bonds. The predicted octanol–water partition coefficient (Wildman–Crippen LogP) is 5.47. The van der Waals surface area contributed by atoms with E-state index < -0.39 is 17.8 Å². The van der Waals surface area contributed by atoms with Crippen LogP contribution in [0.15, 0.2) is 66.7 Å². The Labute approximate surface area is 188 Å². The van der Waals surface area contributed by atoms with Gasteiger partial charge >= 0.3 is 6.03 Å². The molecule has 0 heterocycles. The molecule has 0 aliphatic carbocycles. The number of hydrogen-bond donors (Lipinski definition) is 3. The maximum atomic E-state index is 13.7. The Balaban J connectivity index is 1.59.